The van der Waals surface area contributed by atoms with Crippen LogP contribution in [0.2, 0.25) is 0 Å². The van der Waals surface area contributed by atoms with E-state index in [0.29, 0.717) is 5.75 Å². The van der Waals surface area contributed by atoms with E-state index < -0.39 is 0 Å². The number of nitrogens with zero attached hydrogens (tertiary/aromatic N) is 1. The zero-order chi connectivity index (χ0) is 14.4. The first-order valence-electron chi connectivity index (χ1n) is 6.58. The maximum absolute atomic E-state index is 11.8. The number of carbonyl (C=O) groups excluding carboxylic acids is 2. The van der Waals surface area contributed by atoms with E-state index >= 15 is 0 Å². The Morgan fingerprint density at radius 3 is 2.65 bits per heavy atom. The monoisotopic (exact) mass is 356 g/mol. The molecule has 0 spiro atoms. The van der Waals surface area contributed by atoms with Crippen molar-refractivity contribution in [2.75, 3.05) is 25.4 Å². The number of thioether (sulfide) groups is 1. The predicted octanol–water partition coefficient (Wildman–Crippen LogP) is 2.28. The summed E-state index contributed by atoms with van der Waals surface area (Å²) in [5, 5.41) is 2.68. The highest BCUT2D eigenvalue weighted by atomic mass is 79.9. The van der Waals surface area contributed by atoms with Crippen molar-refractivity contribution >= 4 is 39.5 Å². The first kappa shape index (κ1) is 15.4. The molecule has 0 aromatic heterocycles. The molecule has 108 valence electrons. The zero-order valence-corrected chi connectivity index (χ0v) is 13.5. The number of amides is 2. The number of halogens is 1. The molecular formula is C14H17BrN2O2S. The summed E-state index contributed by atoms with van der Waals surface area (Å²) in [6, 6.07) is 7.76. The molecule has 1 aromatic rings. The standard InChI is InChI=1S/C14H17BrN2O2S/c15-11-5-1-2-6-12(11)20-10-13(18)16-9-14(19)17-7-3-4-8-17/h1-2,5-6H,3-4,7-10H2,(H,16,18). The minimum atomic E-state index is -0.113. The summed E-state index contributed by atoms with van der Waals surface area (Å²) in [4.78, 5) is 26.3. The summed E-state index contributed by atoms with van der Waals surface area (Å²) in [7, 11) is 0. The van der Waals surface area contributed by atoms with Gasteiger partial charge in [0.2, 0.25) is 11.8 Å². The quantitative estimate of drug-likeness (QED) is 0.823. The molecule has 20 heavy (non-hydrogen) atoms. The van der Waals surface area contributed by atoms with Crippen LogP contribution in [0, 0.1) is 0 Å². The molecule has 6 heteroatoms. The van der Waals surface area contributed by atoms with Crippen molar-refractivity contribution in [1.29, 1.82) is 0 Å². The Labute approximate surface area is 131 Å². The molecule has 2 amide bonds. The lowest BCUT2D eigenvalue weighted by Crippen LogP contribution is -2.39. The first-order chi connectivity index (χ1) is 9.66. The van der Waals surface area contributed by atoms with E-state index in [-0.39, 0.29) is 18.4 Å². The van der Waals surface area contributed by atoms with Crippen molar-refractivity contribution < 1.29 is 9.59 Å². The van der Waals surface area contributed by atoms with Crippen molar-refractivity contribution in [2.45, 2.75) is 17.7 Å². The van der Waals surface area contributed by atoms with E-state index in [9.17, 15) is 9.59 Å². The Morgan fingerprint density at radius 2 is 1.95 bits per heavy atom. The highest BCUT2D eigenvalue weighted by molar-refractivity contribution is 9.10. The molecule has 1 fully saturated rings. The largest absolute Gasteiger partial charge is 0.346 e. The summed E-state index contributed by atoms with van der Waals surface area (Å²) in [6.45, 7) is 1.75. The molecule has 1 aliphatic rings. The van der Waals surface area contributed by atoms with Gasteiger partial charge in [-0.15, -0.1) is 11.8 Å². The number of benzene rings is 1. The van der Waals surface area contributed by atoms with E-state index in [4.69, 9.17) is 0 Å². The van der Waals surface area contributed by atoms with Gasteiger partial charge < -0.3 is 10.2 Å². The van der Waals surface area contributed by atoms with Crippen LogP contribution in [0.4, 0.5) is 0 Å². The van der Waals surface area contributed by atoms with E-state index in [1.54, 1.807) is 4.90 Å². The second-order valence-electron chi connectivity index (χ2n) is 4.58. The number of hydrogen-bond acceptors (Lipinski definition) is 3. The molecule has 1 heterocycles. The average Bonchev–Trinajstić information content (AvgIpc) is 2.98. The van der Waals surface area contributed by atoms with Crippen LogP contribution in [0.5, 0.6) is 0 Å². The van der Waals surface area contributed by atoms with Crippen LogP contribution in [0.15, 0.2) is 33.6 Å². The van der Waals surface area contributed by atoms with Gasteiger partial charge in [-0.2, -0.15) is 0 Å². The maximum atomic E-state index is 11.8. The van der Waals surface area contributed by atoms with Crippen molar-refractivity contribution in [3.8, 4) is 0 Å². The van der Waals surface area contributed by atoms with Crippen molar-refractivity contribution in [2.24, 2.45) is 0 Å². The Hall–Kier alpha value is -1.01. The third kappa shape index (κ3) is 4.52. The number of nitrogens with one attached hydrogen (secondary N) is 1. The molecule has 0 saturated carbocycles. The minimum absolute atomic E-state index is 0.0155. The average molecular weight is 357 g/mol. The fraction of sp³-hybridized carbons (Fsp3) is 0.429. The van der Waals surface area contributed by atoms with Crippen LogP contribution in [0.3, 0.4) is 0 Å². The summed E-state index contributed by atoms with van der Waals surface area (Å²) < 4.78 is 0.978. The smallest absolute Gasteiger partial charge is 0.241 e. The Kier molecular flexibility index (Phi) is 5.91. The molecule has 1 aromatic carbocycles. The van der Waals surface area contributed by atoms with Gasteiger partial charge in [-0.25, -0.2) is 0 Å². The fourth-order valence-electron chi connectivity index (χ4n) is 2.01. The molecule has 0 aliphatic carbocycles. The van der Waals surface area contributed by atoms with Crippen LogP contribution >= 0.6 is 27.7 Å². The highest BCUT2D eigenvalue weighted by Gasteiger charge is 2.18. The van der Waals surface area contributed by atoms with Crippen LogP contribution in [-0.4, -0.2) is 42.1 Å². The molecule has 0 unspecified atom stereocenters. The Balaban J connectivity index is 1.70. The molecule has 0 atom stereocenters. The van der Waals surface area contributed by atoms with Gasteiger partial charge in [0.05, 0.1) is 12.3 Å². The van der Waals surface area contributed by atoms with E-state index in [1.807, 2.05) is 24.3 Å². The van der Waals surface area contributed by atoms with E-state index in [0.717, 1.165) is 35.3 Å². The predicted molar refractivity (Wildman–Crippen MR) is 83.7 cm³/mol. The maximum Gasteiger partial charge on any atom is 0.241 e. The molecule has 1 aliphatic heterocycles. The summed E-state index contributed by atoms with van der Waals surface area (Å²) >= 11 is 4.90. The van der Waals surface area contributed by atoms with E-state index in [1.165, 1.54) is 11.8 Å². The molecule has 1 saturated heterocycles. The third-order valence-electron chi connectivity index (χ3n) is 3.09. The Morgan fingerprint density at radius 1 is 1.25 bits per heavy atom. The van der Waals surface area contributed by atoms with Gasteiger partial charge in [-0.05, 0) is 40.9 Å². The minimum Gasteiger partial charge on any atom is -0.346 e. The molecule has 0 radical (unpaired) electrons. The lowest BCUT2D eigenvalue weighted by atomic mass is 10.4. The second kappa shape index (κ2) is 7.69. The number of carbonyl (C=O) groups is 2. The van der Waals surface area contributed by atoms with Gasteiger partial charge in [0.15, 0.2) is 0 Å². The fourth-order valence-corrected chi connectivity index (χ4v) is 3.41. The summed E-state index contributed by atoms with van der Waals surface area (Å²) in [5.41, 5.74) is 0. The van der Waals surface area contributed by atoms with Gasteiger partial charge in [0.25, 0.3) is 0 Å². The van der Waals surface area contributed by atoms with Gasteiger partial charge in [0, 0.05) is 22.5 Å². The lowest BCUT2D eigenvalue weighted by molar-refractivity contribution is -0.131. The Bertz CT molecular complexity index is 490. The topological polar surface area (TPSA) is 49.4 Å². The molecule has 2 rings (SSSR count). The van der Waals surface area contributed by atoms with Crippen LogP contribution in [0.1, 0.15) is 12.8 Å². The highest BCUT2D eigenvalue weighted by Crippen LogP contribution is 2.26. The van der Waals surface area contributed by atoms with Gasteiger partial charge in [-0.3, -0.25) is 9.59 Å². The van der Waals surface area contributed by atoms with E-state index in [2.05, 4.69) is 21.2 Å². The molecule has 1 N–H and O–H groups in total. The first-order valence-corrected chi connectivity index (χ1v) is 8.36. The number of hydrogen-bond donors (Lipinski definition) is 1. The van der Waals surface area contributed by atoms with Gasteiger partial charge in [-0.1, -0.05) is 12.1 Å². The van der Waals surface area contributed by atoms with Crippen molar-refractivity contribution in [3.63, 3.8) is 0 Å². The number of rotatable bonds is 5. The van der Waals surface area contributed by atoms with Gasteiger partial charge in [0.1, 0.15) is 0 Å². The van der Waals surface area contributed by atoms with Crippen molar-refractivity contribution in [3.05, 3.63) is 28.7 Å². The number of likely N-dealkylation sites (tertiary alicyclic amines) is 1. The SMILES string of the molecule is O=C(CSc1ccccc1Br)NCC(=O)N1CCCC1. The van der Waals surface area contributed by atoms with Crippen molar-refractivity contribution in [1.82, 2.24) is 10.2 Å². The second-order valence-corrected chi connectivity index (χ2v) is 6.46. The van der Waals surface area contributed by atoms with Crippen LogP contribution in [-0.2, 0) is 9.59 Å². The lowest BCUT2D eigenvalue weighted by Gasteiger charge is -2.15. The van der Waals surface area contributed by atoms with Crippen LogP contribution < -0.4 is 5.32 Å². The molecule has 0 bridgehead atoms. The summed E-state index contributed by atoms with van der Waals surface area (Å²) in [6.07, 6.45) is 2.13. The van der Waals surface area contributed by atoms with Crippen LogP contribution in [0.25, 0.3) is 0 Å². The molecule has 4 nitrogen and oxygen atoms in total. The molecular weight excluding hydrogens is 340 g/mol. The summed E-state index contributed by atoms with van der Waals surface area (Å²) in [5.74, 6) is 0.218. The van der Waals surface area contributed by atoms with Gasteiger partial charge >= 0.3 is 0 Å². The third-order valence-corrected chi connectivity index (χ3v) is 5.12. The zero-order valence-electron chi connectivity index (χ0n) is 11.1. The normalized spacial score (nSPS) is 14.3.